The van der Waals surface area contributed by atoms with Crippen LogP contribution in [0, 0.1) is 0 Å². The monoisotopic (exact) mass is 285 g/mol. The first-order valence-corrected chi connectivity index (χ1v) is 7.44. The molecule has 2 N–H and O–H groups in total. The summed E-state index contributed by atoms with van der Waals surface area (Å²) in [6.45, 7) is 10.5. The van der Waals surface area contributed by atoms with Crippen LogP contribution in [-0.2, 0) is 11.2 Å². The normalized spacial score (nSPS) is 11.5. The van der Waals surface area contributed by atoms with Gasteiger partial charge in [0.1, 0.15) is 0 Å². The highest BCUT2D eigenvalue weighted by molar-refractivity contribution is 7.13. The highest BCUT2D eigenvalue weighted by Crippen LogP contribution is 2.15. The summed E-state index contributed by atoms with van der Waals surface area (Å²) in [4.78, 5) is 17.2. The van der Waals surface area contributed by atoms with Gasteiger partial charge in [0.15, 0.2) is 5.13 Å². The topological polar surface area (TPSA) is 65.5 Å². The standard InChI is InChI=1S/C13H23N3O2S/c1-9(2)16(10(3)4)6-5-14-13-15-11(8-19-13)7-12(17)18/h8-10H,5-7H2,1-4H3,(H,14,15)(H,17,18). The fraction of sp³-hybridized carbons (Fsp3) is 0.692. The Bertz CT molecular complexity index is 396. The van der Waals surface area contributed by atoms with Crippen molar-refractivity contribution in [2.24, 2.45) is 0 Å². The second kappa shape index (κ2) is 7.45. The lowest BCUT2D eigenvalue weighted by atomic mass is 10.2. The summed E-state index contributed by atoms with van der Waals surface area (Å²) in [5.41, 5.74) is 0.615. The van der Waals surface area contributed by atoms with Crippen LogP contribution < -0.4 is 5.32 Å². The lowest BCUT2D eigenvalue weighted by Gasteiger charge is -2.30. The van der Waals surface area contributed by atoms with Crippen LogP contribution >= 0.6 is 11.3 Å². The minimum Gasteiger partial charge on any atom is -0.481 e. The number of rotatable bonds is 8. The van der Waals surface area contributed by atoms with E-state index in [0.717, 1.165) is 18.2 Å². The van der Waals surface area contributed by atoms with E-state index in [-0.39, 0.29) is 6.42 Å². The Morgan fingerprint density at radius 3 is 2.58 bits per heavy atom. The summed E-state index contributed by atoms with van der Waals surface area (Å²) in [5, 5.41) is 14.5. The van der Waals surface area contributed by atoms with Gasteiger partial charge in [0.25, 0.3) is 0 Å². The first kappa shape index (κ1) is 15.9. The van der Waals surface area contributed by atoms with Crippen LogP contribution in [0.3, 0.4) is 0 Å². The Kier molecular flexibility index (Phi) is 6.24. The molecule has 0 spiro atoms. The number of hydrogen-bond donors (Lipinski definition) is 2. The summed E-state index contributed by atoms with van der Waals surface area (Å²) in [5.74, 6) is -0.845. The number of aromatic nitrogens is 1. The van der Waals surface area contributed by atoms with Crippen molar-refractivity contribution in [3.05, 3.63) is 11.1 Å². The zero-order valence-electron chi connectivity index (χ0n) is 12.0. The molecule has 0 bridgehead atoms. The van der Waals surface area contributed by atoms with E-state index in [1.165, 1.54) is 11.3 Å². The third-order valence-electron chi connectivity index (χ3n) is 2.86. The lowest BCUT2D eigenvalue weighted by molar-refractivity contribution is -0.136. The summed E-state index contributed by atoms with van der Waals surface area (Å²) in [6.07, 6.45) is -0.0116. The number of hydrogen-bond acceptors (Lipinski definition) is 5. The molecule has 0 aliphatic carbocycles. The third kappa shape index (κ3) is 5.57. The summed E-state index contributed by atoms with van der Waals surface area (Å²) in [6, 6.07) is 1.03. The van der Waals surface area contributed by atoms with Gasteiger partial charge in [-0.2, -0.15) is 0 Å². The largest absolute Gasteiger partial charge is 0.481 e. The fourth-order valence-electron chi connectivity index (χ4n) is 2.03. The van der Waals surface area contributed by atoms with Crippen molar-refractivity contribution in [3.8, 4) is 0 Å². The van der Waals surface area contributed by atoms with E-state index in [1.54, 1.807) is 5.38 Å². The molecule has 0 unspecified atom stereocenters. The number of carboxylic acids is 1. The number of nitrogens with one attached hydrogen (secondary N) is 1. The highest BCUT2D eigenvalue weighted by atomic mass is 32.1. The van der Waals surface area contributed by atoms with Crippen LogP contribution in [0.25, 0.3) is 0 Å². The van der Waals surface area contributed by atoms with E-state index in [2.05, 4.69) is 42.9 Å². The maximum absolute atomic E-state index is 10.6. The van der Waals surface area contributed by atoms with Gasteiger partial charge in [-0.25, -0.2) is 4.98 Å². The molecule has 6 heteroatoms. The van der Waals surface area contributed by atoms with Gasteiger partial charge in [0.05, 0.1) is 12.1 Å². The van der Waals surface area contributed by atoms with Crippen molar-refractivity contribution < 1.29 is 9.90 Å². The Morgan fingerprint density at radius 2 is 2.05 bits per heavy atom. The molecular weight excluding hydrogens is 262 g/mol. The molecule has 1 aromatic heterocycles. The summed E-state index contributed by atoms with van der Waals surface area (Å²) < 4.78 is 0. The van der Waals surface area contributed by atoms with Gasteiger partial charge in [-0.05, 0) is 27.7 Å². The van der Waals surface area contributed by atoms with Crippen molar-refractivity contribution in [1.29, 1.82) is 0 Å². The van der Waals surface area contributed by atoms with E-state index in [1.807, 2.05) is 0 Å². The Morgan fingerprint density at radius 1 is 1.42 bits per heavy atom. The Labute approximate surface area is 118 Å². The van der Waals surface area contributed by atoms with Crippen molar-refractivity contribution >= 4 is 22.4 Å². The minimum atomic E-state index is -0.845. The predicted octanol–water partition coefficient (Wildman–Crippen LogP) is 2.30. The van der Waals surface area contributed by atoms with Gasteiger partial charge in [0, 0.05) is 30.6 Å². The van der Waals surface area contributed by atoms with E-state index in [0.29, 0.717) is 17.8 Å². The van der Waals surface area contributed by atoms with Gasteiger partial charge in [-0.1, -0.05) is 0 Å². The molecule has 0 amide bonds. The molecule has 19 heavy (non-hydrogen) atoms. The number of aliphatic carboxylic acids is 1. The molecule has 0 saturated heterocycles. The van der Waals surface area contributed by atoms with Crippen molar-refractivity contribution in [2.45, 2.75) is 46.2 Å². The van der Waals surface area contributed by atoms with E-state index in [9.17, 15) is 4.79 Å². The number of nitrogens with zero attached hydrogens (tertiary/aromatic N) is 2. The SMILES string of the molecule is CC(C)N(CCNc1nc(CC(=O)O)cs1)C(C)C. The second-order valence-corrected chi connectivity index (χ2v) is 5.92. The minimum absolute atomic E-state index is 0.0116. The van der Waals surface area contributed by atoms with Gasteiger partial charge in [-0.15, -0.1) is 11.3 Å². The van der Waals surface area contributed by atoms with Gasteiger partial charge < -0.3 is 10.4 Å². The molecule has 0 atom stereocenters. The smallest absolute Gasteiger partial charge is 0.309 e. The van der Waals surface area contributed by atoms with Gasteiger partial charge in [-0.3, -0.25) is 9.69 Å². The van der Waals surface area contributed by atoms with Crippen LogP contribution in [0.5, 0.6) is 0 Å². The number of carboxylic acid groups (broad SMARTS) is 1. The van der Waals surface area contributed by atoms with E-state index >= 15 is 0 Å². The Hall–Kier alpha value is -1.14. The molecule has 0 aliphatic heterocycles. The van der Waals surface area contributed by atoms with E-state index in [4.69, 9.17) is 5.11 Å². The van der Waals surface area contributed by atoms with Crippen LogP contribution in [0.2, 0.25) is 0 Å². The van der Waals surface area contributed by atoms with Crippen molar-refractivity contribution in [1.82, 2.24) is 9.88 Å². The van der Waals surface area contributed by atoms with Crippen LogP contribution in [-0.4, -0.2) is 46.1 Å². The molecular formula is C13H23N3O2S. The fourth-order valence-corrected chi connectivity index (χ4v) is 2.77. The summed E-state index contributed by atoms with van der Waals surface area (Å²) in [7, 11) is 0. The first-order valence-electron chi connectivity index (χ1n) is 6.56. The van der Waals surface area contributed by atoms with Crippen LogP contribution in [0.1, 0.15) is 33.4 Å². The zero-order valence-corrected chi connectivity index (χ0v) is 12.8. The van der Waals surface area contributed by atoms with Crippen LogP contribution in [0.4, 0.5) is 5.13 Å². The quantitative estimate of drug-likeness (QED) is 0.767. The lowest BCUT2D eigenvalue weighted by Crippen LogP contribution is -2.40. The molecule has 0 radical (unpaired) electrons. The predicted molar refractivity (Wildman–Crippen MR) is 78.9 cm³/mol. The molecule has 0 fully saturated rings. The van der Waals surface area contributed by atoms with E-state index < -0.39 is 5.97 Å². The highest BCUT2D eigenvalue weighted by Gasteiger charge is 2.12. The second-order valence-electron chi connectivity index (χ2n) is 5.07. The van der Waals surface area contributed by atoms with Crippen LogP contribution in [0.15, 0.2) is 5.38 Å². The number of anilines is 1. The zero-order chi connectivity index (χ0) is 14.4. The molecule has 108 valence electrons. The maximum atomic E-state index is 10.6. The van der Waals surface area contributed by atoms with Crippen molar-refractivity contribution in [3.63, 3.8) is 0 Å². The van der Waals surface area contributed by atoms with Gasteiger partial charge >= 0.3 is 5.97 Å². The summed E-state index contributed by atoms with van der Waals surface area (Å²) >= 11 is 1.46. The maximum Gasteiger partial charge on any atom is 0.309 e. The Balaban J connectivity index is 2.40. The molecule has 1 heterocycles. The molecule has 1 aromatic rings. The average molecular weight is 285 g/mol. The number of carbonyl (C=O) groups is 1. The molecule has 5 nitrogen and oxygen atoms in total. The molecule has 1 rings (SSSR count). The van der Waals surface area contributed by atoms with Crippen molar-refractivity contribution in [2.75, 3.05) is 18.4 Å². The molecule has 0 aliphatic rings. The average Bonchev–Trinajstić information content (AvgIpc) is 2.70. The van der Waals surface area contributed by atoms with Gasteiger partial charge in [0.2, 0.25) is 0 Å². The first-order chi connectivity index (χ1) is 8.90. The molecule has 0 aromatic carbocycles. The third-order valence-corrected chi connectivity index (χ3v) is 3.71. The molecule has 0 saturated carbocycles. The number of thiazole rings is 1.